The normalized spacial score (nSPS) is 10.3. The van der Waals surface area contributed by atoms with Crippen LogP contribution in [0.3, 0.4) is 0 Å². The molecule has 0 radical (unpaired) electrons. The molecular weight excluding hydrogens is 330 g/mol. The van der Waals surface area contributed by atoms with Crippen molar-refractivity contribution in [2.24, 2.45) is 0 Å². The fourth-order valence-electron chi connectivity index (χ4n) is 1.37. The Kier molecular flexibility index (Phi) is 5.28. The molecule has 0 aliphatic carbocycles. The Bertz CT molecular complexity index is 496. The fourth-order valence-corrected chi connectivity index (χ4v) is 3.30. The van der Waals surface area contributed by atoms with E-state index in [1.807, 2.05) is 30.3 Å². The highest BCUT2D eigenvalue weighted by atomic mass is 79.9. The van der Waals surface area contributed by atoms with Crippen LogP contribution in [-0.2, 0) is 10.5 Å². The summed E-state index contributed by atoms with van der Waals surface area (Å²) in [5.74, 6) is 1.42. The lowest BCUT2D eigenvalue weighted by Crippen LogP contribution is -2.13. The third kappa shape index (κ3) is 4.48. The number of amides is 1. The van der Waals surface area contributed by atoms with Gasteiger partial charge in [0, 0.05) is 20.8 Å². The Balaban J connectivity index is 1.73. The Morgan fingerprint density at radius 2 is 2.06 bits per heavy atom. The summed E-state index contributed by atoms with van der Waals surface area (Å²) in [6, 6.07) is 11.7. The molecule has 0 aliphatic rings. The van der Waals surface area contributed by atoms with Gasteiger partial charge in [0.2, 0.25) is 5.91 Å². The summed E-state index contributed by atoms with van der Waals surface area (Å²) in [5, 5.41) is 4.93. The number of halogens is 1. The van der Waals surface area contributed by atoms with Gasteiger partial charge in [-0.1, -0.05) is 22.0 Å². The highest BCUT2D eigenvalue weighted by molar-refractivity contribution is 9.10. The van der Waals surface area contributed by atoms with Crippen molar-refractivity contribution < 1.29 is 4.79 Å². The molecule has 0 fully saturated rings. The van der Waals surface area contributed by atoms with Gasteiger partial charge in [-0.05, 0) is 35.7 Å². The molecule has 1 heterocycles. The van der Waals surface area contributed by atoms with E-state index in [0.717, 1.165) is 15.9 Å². The lowest BCUT2D eigenvalue weighted by Gasteiger charge is -2.04. The summed E-state index contributed by atoms with van der Waals surface area (Å²) in [6.07, 6.45) is 0. The molecule has 94 valence electrons. The average molecular weight is 342 g/mol. The molecule has 5 heteroatoms. The van der Waals surface area contributed by atoms with Crippen LogP contribution in [0.5, 0.6) is 0 Å². The van der Waals surface area contributed by atoms with Gasteiger partial charge in [-0.3, -0.25) is 4.79 Å². The van der Waals surface area contributed by atoms with E-state index in [9.17, 15) is 4.79 Å². The maximum atomic E-state index is 11.7. The molecule has 1 N–H and O–H groups in total. The lowest BCUT2D eigenvalue weighted by atomic mass is 10.3. The molecule has 0 saturated carbocycles. The van der Waals surface area contributed by atoms with Gasteiger partial charge >= 0.3 is 0 Å². The predicted molar refractivity (Wildman–Crippen MR) is 83.3 cm³/mol. The molecule has 0 spiro atoms. The van der Waals surface area contributed by atoms with Crippen LogP contribution >= 0.6 is 39.0 Å². The molecule has 2 nitrogen and oxygen atoms in total. The minimum atomic E-state index is 0.0406. The number of anilines is 1. The van der Waals surface area contributed by atoms with Crippen LogP contribution in [0.2, 0.25) is 0 Å². The molecule has 0 aliphatic heterocycles. The second-order valence-corrected chi connectivity index (χ2v) is 6.56. The molecule has 0 bridgehead atoms. The van der Waals surface area contributed by atoms with E-state index < -0.39 is 0 Å². The lowest BCUT2D eigenvalue weighted by molar-refractivity contribution is -0.113. The highest BCUT2D eigenvalue weighted by Gasteiger charge is 2.03. The van der Waals surface area contributed by atoms with Gasteiger partial charge in [0.25, 0.3) is 0 Å². The molecule has 0 unspecified atom stereocenters. The maximum Gasteiger partial charge on any atom is 0.234 e. The van der Waals surface area contributed by atoms with Crippen LogP contribution in [0.25, 0.3) is 0 Å². The first-order valence-corrected chi connectivity index (χ1v) is 8.22. The minimum absolute atomic E-state index is 0.0406. The number of rotatable bonds is 5. The molecule has 18 heavy (non-hydrogen) atoms. The van der Waals surface area contributed by atoms with Crippen molar-refractivity contribution in [1.29, 1.82) is 0 Å². The number of thioether (sulfide) groups is 1. The number of benzene rings is 1. The largest absolute Gasteiger partial charge is 0.325 e. The Labute approximate surface area is 123 Å². The van der Waals surface area contributed by atoms with Gasteiger partial charge in [0.15, 0.2) is 0 Å². The Morgan fingerprint density at radius 1 is 1.28 bits per heavy atom. The van der Waals surface area contributed by atoms with Gasteiger partial charge in [0.05, 0.1) is 5.75 Å². The van der Waals surface area contributed by atoms with Crippen molar-refractivity contribution in [3.8, 4) is 0 Å². The molecule has 1 amide bonds. The summed E-state index contributed by atoms with van der Waals surface area (Å²) in [6.45, 7) is 0. The monoisotopic (exact) mass is 341 g/mol. The predicted octanol–water partition coefficient (Wildman–Crippen LogP) is 4.38. The summed E-state index contributed by atoms with van der Waals surface area (Å²) in [4.78, 5) is 13.0. The van der Waals surface area contributed by atoms with Crippen LogP contribution in [0, 0.1) is 0 Å². The van der Waals surface area contributed by atoms with E-state index in [1.165, 1.54) is 4.88 Å². The molecular formula is C13H12BrNOS2. The first kappa shape index (κ1) is 13.6. The number of hydrogen-bond acceptors (Lipinski definition) is 3. The second-order valence-electron chi connectivity index (χ2n) is 3.63. The van der Waals surface area contributed by atoms with E-state index >= 15 is 0 Å². The molecule has 1 aromatic heterocycles. The van der Waals surface area contributed by atoms with E-state index in [2.05, 4.69) is 32.7 Å². The minimum Gasteiger partial charge on any atom is -0.325 e. The van der Waals surface area contributed by atoms with Gasteiger partial charge in [-0.25, -0.2) is 0 Å². The molecule has 1 aromatic carbocycles. The van der Waals surface area contributed by atoms with E-state index in [1.54, 1.807) is 23.1 Å². The van der Waals surface area contributed by atoms with Gasteiger partial charge in [-0.15, -0.1) is 23.1 Å². The van der Waals surface area contributed by atoms with Crippen molar-refractivity contribution in [3.63, 3.8) is 0 Å². The average Bonchev–Trinajstić information content (AvgIpc) is 2.85. The number of carbonyl (C=O) groups excluding carboxylic acids is 1. The molecule has 0 saturated heterocycles. The van der Waals surface area contributed by atoms with Crippen molar-refractivity contribution in [2.45, 2.75) is 5.75 Å². The van der Waals surface area contributed by atoms with Gasteiger partial charge in [-0.2, -0.15) is 0 Å². The maximum absolute atomic E-state index is 11.7. The van der Waals surface area contributed by atoms with Crippen LogP contribution in [-0.4, -0.2) is 11.7 Å². The summed E-state index contributed by atoms with van der Waals surface area (Å²) in [7, 11) is 0. The van der Waals surface area contributed by atoms with Crippen molar-refractivity contribution in [3.05, 3.63) is 51.1 Å². The SMILES string of the molecule is O=C(CSCc1cccs1)Nc1ccc(Br)cc1. The molecule has 2 aromatic rings. The molecule has 0 atom stereocenters. The number of carbonyl (C=O) groups is 1. The van der Waals surface area contributed by atoms with Crippen LogP contribution in [0.1, 0.15) is 4.88 Å². The second kappa shape index (κ2) is 6.97. The zero-order valence-corrected chi connectivity index (χ0v) is 12.8. The van der Waals surface area contributed by atoms with Crippen LogP contribution in [0.15, 0.2) is 46.3 Å². The number of hydrogen-bond donors (Lipinski definition) is 1. The van der Waals surface area contributed by atoms with Crippen molar-refractivity contribution in [1.82, 2.24) is 0 Å². The fraction of sp³-hybridized carbons (Fsp3) is 0.154. The zero-order chi connectivity index (χ0) is 12.8. The summed E-state index contributed by atoms with van der Waals surface area (Å²) >= 11 is 6.71. The third-order valence-corrected chi connectivity index (χ3v) is 4.75. The quantitative estimate of drug-likeness (QED) is 0.874. The molecule has 2 rings (SSSR count). The zero-order valence-electron chi connectivity index (χ0n) is 9.56. The smallest absolute Gasteiger partial charge is 0.234 e. The standard InChI is InChI=1S/C13H12BrNOS2/c14-10-3-5-11(6-4-10)15-13(16)9-17-8-12-2-1-7-18-12/h1-7H,8-9H2,(H,15,16). The van der Waals surface area contributed by atoms with E-state index in [-0.39, 0.29) is 5.91 Å². The Hall–Kier alpha value is -0.780. The van der Waals surface area contributed by atoms with E-state index in [4.69, 9.17) is 0 Å². The third-order valence-electron chi connectivity index (χ3n) is 2.19. The van der Waals surface area contributed by atoms with Gasteiger partial charge < -0.3 is 5.32 Å². The summed E-state index contributed by atoms with van der Waals surface area (Å²) in [5.41, 5.74) is 0.833. The van der Waals surface area contributed by atoms with Gasteiger partial charge in [0.1, 0.15) is 0 Å². The van der Waals surface area contributed by atoms with Crippen LogP contribution in [0.4, 0.5) is 5.69 Å². The first-order valence-electron chi connectivity index (χ1n) is 5.39. The van der Waals surface area contributed by atoms with Crippen molar-refractivity contribution >= 4 is 50.6 Å². The highest BCUT2D eigenvalue weighted by Crippen LogP contribution is 2.18. The number of nitrogens with one attached hydrogen (secondary N) is 1. The number of thiophene rings is 1. The topological polar surface area (TPSA) is 29.1 Å². The van der Waals surface area contributed by atoms with E-state index in [0.29, 0.717) is 5.75 Å². The van der Waals surface area contributed by atoms with Crippen LogP contribution < -0.4 is 5.32 Å². The Morgan fingerprint density at radius 3 is 2.72 bits per heavy atom. The summed E-state index contributed by atoms with van der Waals surface area (Å²) < 4.78 is 1.01. The van der Waals surface area contributed by atoms with Crippen molar-refractivity contribution in [2.75, 3.05) is 11.1 Å². The first-order chi connectivity index (χ1) is 8.74.